The van der Waals surface area contributed by atoms with Crippen molar-refractivity contribution in [2.75, 3.05) is 0 Å². The normalized spacial score (nSPS) is 12.8. The minimum absolute atomic E-state index is 0.272. The van der Waals surface area contributed by atoms with E-state index in [0.29, 0.717) is 21.8 Å². The van der Waals surface area contributed by atoms with Crippen LogP contribution in [0.15, 0.2) is 12.3 Å². The molecule has 0 unspecified atom stereocenters. The number of halogens is 1. The van der Waals surface area contributed by atoms with Crippen LogP contribution in [-0.2, 0) is 11.2 Å². The molecule has 0 aliphatic heterocycles. The molecule has 0 saturated heterocycles. The Kier molecular flexibility index (Phi) is 5.31. The molecule has 0 aliphatic rings. The third kappa shape index (κ3) is 2.74. The number of aromatic nitrogens is 3. The van der Waals surface area contributed by atoms with E-state index in [1.807, 2.05) is 6.07 Å². The van der Waals surface area contributed by atoms with E-state index in [1.54, 1.807) is 0 Å². The number of aldehydes is 1. The molecule has 0 atom stereocenters. The van der Waals surface area contributed by atoms with Crippen LogP contribution in [0.5, 0.6) is 0 Å². The molecule has 2 heterocycles. The average Bonchev–Trinajstić information content (AvgIpc) is 2.86. The van der Waals surface area contributed by atoms with E-state index in [0.717, 1.165) is 22.9 Å². The molecule has 2 rings (SSSR count). The van der Waals surface area contributed by atoms with Gasteiger partial charge in [0.15, 0.2) is 19.0 Å². The van der Waals surface area contributed by atoms with E-state index in [9.17, 15) is 4.79 Å². The maximum atomic E-state index is 11.0. The van der Waals surface area contributed by atoms with Gasteiger partial charge in [0.1, 0.15) is 6.29 Å². The summed E-state index contributed by atoms with van der Waals surface area (Å²) in [7, 11) is -1.90. The van der Waals surface area contributed by atoms with Crippen LogP contribution in [0.1, 0.15) is 47.1 Å². The van der Waals surface area contributed by atoms with Gasteiger partial charge in [-0.1, -0.05) is 53.1 Å². The lowest BCUT2D eigenvalue weighted by Gasteiger charge is -2.44. The smallest absolute Gasteiger partial charge is 0.171 e. The van der Waals surface area contributed by atoms with Crippen LogP contribution in [0.25, 0.3) is 11.0 Å². The minimum atomic E-state index is -1.90. The lowest BCUT2D eigenvalue weighted by molar-refractivity contribution is -0.107. The SMILES string of the molecule is CC(C)[Si](C(C)C)(C(C)C)n1ccc2c(CC=O)c(Cl)nnc21. The van der Waals surface area contributed by atoms with E-state index in [2.05, 4.69) is 62.2 Å². The number of nitrogens with zero attached hydrogens (tertiary/aromatic N) is 3. The average molecular weight is 352 g/mol. The predicted octanol–water partition coefficient (Wildman–Crippen LogP) is 4.85. The van der Waals surface area contributed by atoms with Crippen molar-refractivity contribution in [3.05, 3.63) is 23.0 Å². The second kappa shape index (κ2) is 6.73. The van der Waals surface area contributed by atoms with Crippen LogP contribution in [0.3, 0.4) is 0 Å². The lowest BCUT2D eigenvalue weighted by atomic mass is 10.2. The largest absolute Gasteiger partial charge is 0.357 e. The summed E-state index contributed by atoms with van der Waals surface area (Å²) >= 11 is 6.16. The molecule has 0 N–H and O–H groups in total. The van der Waals surface area contributed by atoms with E-state index >= 15 is 0 Å². The van der Waals surface area contributed by atoms with Gasteiger partial charge in [0, 0.05) is 17.4 Å². The number of fused-ring (bicyclic) bond motifs is 1. The Balaban J connectivity index is 2.81. The van der Waals surface area contributed by atoms with Crippen molar-refractivity contribution in [1.29, 1.82) is 0 Å². The second-order valence-corrected chi connectivity index (χ2v) is 13.2. The second-order valence-electron chi connectivity index (χ2n) is 7.11. The van der Waals surface area contributed by atoms with Gasteiger partial charge < -0.3 is 9.03 Å². The van der Waals surface area contributed by atoms with Crippen molar-refractivity contribution < 1.29 is 4.79 Å². The fourth-order valence-corrected chi connectivity index (χ4v) is 11.2. The molecule has 23 heavy (non-hydrogen) atoms. The molecule has 2 aromatic heterocycles. The van der Waals surface area contributed by atoms with Crippen LogP contribution in [0, 0.1) is 0 Å². The fraction of sp³-hybridized carbons (Fsp3) is 0.588. The van der Waals surface area contributed by atoms with E-state index in [1.165, 1.54) is 0 Å². The van der Waals surface area contributed by atoms with Crippen molar-refractivity contribution >= 4 is 37.2 Å². The number of hydrogen-bond acceptors (Lipinski definition) is 3. The molecular formula is C17H26ClN3OSi. The predicted molar refractivity (Wildman–Crippen MR) is 98.8 cm³/mol. The van der Waals surface area contributed by atoms with Crippen LogP contribution >= 0.6 is 11.6 Å². The van der Waals surface area contributed by atoms with Gasteiger partial charge in [-0.3, -0.25) is 0 Å². The number of carbonyl (C=O) groups excluding carboxylic acids is 1. The Morgan fingerprint density at radius 3 is 2.17 bits per heavy atom. The summed E-state index contributed by atoms with van der Waals surface area (Å²) in [6, 6.07) is 2.05. The molecule has 0 aliphatic carbocycles. The molecule has 2 aromatic rings. The maximum Gasteiger partial charge on any atom is 0.171 e. The summed E-state index contributed by atoms with van der Waals surface area (Å²) in [5, 5.41) is 9.79. The van der Waals surface area contributed by atoms with E-state index < -0.39 is 8.24 Å². The molecule has 0 radical (unpaired) electrons. The molecule has 0 saturated carbocycles. The summed E-state index contributed by atoms with van der Waals surface area (Å²) in [6.07, 6.45) is 3.28. The highest BCUT2D eigenvalue weighted by Gasteiger charge is 2.46. The Bertz CT molecular complexity index is 687. The molecule has 126 valence electrons. The molecule has 0 bridgehead atoms. The molecule has 0 fully saturated rings. The van der Waals surface area contributed by atoms with Crippen molar-refractivity contribution in [1.82, 2.24) is 14.4 Å². The van der Waals surface area contributed by atoms with Crippen LogP contribution in [0.2, 0.25) is 21.8 Å². The van der Waals surface area contributed by atoms with Crippen molar-refractivity contribution in [2.45, 2.75) is 64.6 Å². The quantitative estimate of drug-likeness (QED) is 0.552. The van der Waals surface area contributed by atoms with Crippen molar-refractivity contribution in [3.8, 4) is 0 Å². The van der Waals surface area contributed by atoms with Crippen LogP contribution in [-0.4, -0.2) is 29.0 Å². The topological polar surface area (TPSA) is 47.8 Å². The lowest BCUT2D eigenvalue weighted by Crippen LogP contribution is -2.51. The molecule has 6 heteroatoms. The van der Waals surface area contributed by atoms with Gasteiger partial charge in [-0.15, -0.1) is 10.2 Å². The van der Waals surface area contributed by atoms with Gasteiger partial charge in [-0.2, -0.15) is 0 Å². The number of rotatable bonds is 6. The van der Waals surface area contributed by atoms with Crippen molar-refractivity contribution in [2.24, 2.45) is 0 Å². The minimum Gasteiger partial charge on any atom is -0.357 e. The monoisotopic (exact) mass is 351 g/mol. The van der Waals surface area contributed by atoms with Gasteiger partial charge in [0.2, 0.25) is 0 Å². The maximum absolute atomic E-state index is 11.0. The summed E-state index contributed by atoms with van der Waals surface area (Å²) in [6.45, 7) is 13.9. The first-order valence-electron chi connectivity index (χ1n) is 8.24. The zero-order chi connectivity index (χ0) is 17.4. The highest BCUT2D eigenvalue weighted by Crippen LogP contribution is 2.44. The summed E-state index contributed by atoms with van der Waals surface area (Å²) in [4.78, 5) is 11.0. The summed E-state index contributed by atoms with van der Waals surface area (Å²) in [5.74, 6) is 0. The highest BCUT2D eigenvalue weighted by molar-refractivity contribution is 6.82. The zero-order valence-corrected chi connectivity index (χ0v) is 16.6. The summed E-state index contributed by atoms with van der Waals surface area (Å²) in [5.41, 5.74) is 3.33. The Morgan fingerprint density at radius 2 is 1.70 bits per heavy atom. The van der Waals surface area contributed by atoms with Crippen LogP contribution < -0.4 is 0 Å². The van der Waals surface area contributed by atoms with E-state index in [-0.39, 0.29) is 6.42 Å². The molecule has 0 spiro atoms. The van der Waals surface area contributed by atoms with Gasteiger partial charge in [0.05, 0.1) is 0 Å². The Morgan fingerprint density at radius 1 is 1.13 bits per heavy atom. The number of hydrogen-bond donors (Lipinski definition) is 0. The van der Waals surface area contributed by atoms with Gasteiger partial charge in [0.25, 0.3) is 0 Å². The van der Waals surface area contributed by atoms with Gasteiger partial charge in [-0.05, 0) is 28.9 Å². The molecule has 0 amide bonds. The zero-order valence-electron chi connectivity index (χ0n) is 14.8. The fourth-order valence-electron chi connectivity index (χ4n) is 4.45. The first-order valence-corrected chi connectivity index (χ1v) is 10.8. The van der Waals surface area contributed by atoms with Gasteiger partial charge >= 0.3 is 0 Å². The van der Waals surface area contributed by atoms with Crippen LogP contribution in [0.4, 0.5) is 0 Å². The Labute approximate surface area is 144 Å². The first kappa shape index (κ1) is 18.1. The van der Waals surface area contributed by atoms with Crippen molar-refractivity contribution in [3.63, 3.8) is 0 Å². The first-order chi connectivity index (χ1) is 10.8. The van der Waals surface area contributed by atoms with E-state index in [4.69, 9.17) is 11.6 Å². The third-order valence-electron chi connectivity index (χ3n) is 5.15. The Hall–Kier alpha value is -1.20. The third-order valence-corrected chi connectivity index (χ3v) is 12.2. The molecule has 4 nitrogen and oxygen atoms in total. The number of carbonyl (C=O) groups is 1. The molecular weight excluding hydrogens is 326 g/mol. The molecule has 0 aromatic carbocycles. The summed E-state index contributed by atoms with van der Waals surface area (Å²) < 4.78 is 2.39. The highest BCUT2D eigenvalue weighted by atomic mass is 35.5. The standard InChI is InChI=1S/C17H26ClN3OSi/c1-11(2)23(12(3)4,13(5)6)21-9-7-15-14(8-10-22)16(18)19-20-17(15)21/h7,9-13H,8H2,1-6H3. The van der Waals surface area contributed by atoms with Gasteiger partial charge in [-0.25, -0.2) is 0 Å².